The van der Waals surface area contributed by atoms with Gasteiger partial charge in [-0.2, -0.15) is 0 Å². The Balaban J connectivity index is 1.92. The summed E-state index contributed by atoms with van der Waals surface area (Å²) in [5.41, 5.74) is 1.55. The Morgan fingerprint density at radius 2 is 1.92 bits per heavy atom. The van der Waals surface area contributed by atoms with Crippen LogP contribution in [0.4, 0.5) is 5.69 Å². The van der Waals surface area contributed by atoms with E-state index < -0.39 is 29.5 Å². The van der Waals surface area contributed by atoms with Crippen molar-refractivity contribution in [2.45, 2.75) is 26.3 Å². The standard InChI is InChI=1S/C28H25ClN2O6/c1-4-12-37-28(35)17-8-7-9-18(15-17)31-23(21-10-5-6-11-30-21)22(25(33)27(31)34)24(32)19-13-16(2)14-20(29)26(19)36-3/h5-11,13-15,23,32H,4,12H2,1-3H3/b24-22+. The van der Waals surface area contributed by atoms with Gasteiger partial charge in [0.1, 0.15) is 17.6 Å². The van der Waals surface area contributed by atoms with E-state index in [1.54, 1.807) is 55.5 Å². The fourth-order valence-electron chi connectivity index (χ4n) is 4.23. The van der Waals surface area contributed by atoms with Gasteiger partial charge in [-0.1, -0.05) is 30.7 Å². The van der Waals surface area contributed by atoms with E-state index in [0.717, 1.165) is 0 Å². The second kappa shape index (κ2) is 10.8. The average Bonchev–Trinajstić information content (AvgIpc) is 3.17. The van der Waals surface area contributed by atoms with Crippen LogP contribution in [0.1, 0.15) is 46.6 Å². The van der Waals surface area contributed by atoms with E-state index in [4.69, 9.17) is 21.1 Å². The molecule has 4 rings (SSSR count). The van der Waals surface area contributed by atoms with Crippen LogP contribution in [0.5, 0.6) is 5.75 Å². The van der Waals surface area contributed by atoms with Crippen molar-refractivity contribution in [1.82, 2.24) is 4.98 Å². The van der Waals surface area contributed by atoms with Crippen molar-refractivity contribution >= 4 is 40.7 Å². The predicted molar refractivity (Wildman–Crippen MR) is 139 cm³/mol. The number of hydrogen-bond donors (Lipinski definition) is 1. The monoisotopic (exact) mass is 520 g/mol. The van der Waals surface area contributed by atoms with E-state index in [0.29, 0.717) is 17.7 Å². The van der Waals surface area contributed by atoms with Gasteiger partial charge in [0.15, 0.2) is 0 Å². The van der Waals surface area contributed by atoms with Gasteiger partial charge >= 0.3 is 5.97 Å². The van der Waals surface area contributed by atoms with Crippen molar-refractivity contribution in [2.75, 3.05) is 18.6 Å². The van der Waals surface area contributed by atoms with Gasteiger partial charge in [0.25, 0.3) is 11.7 Å². The quantitative estimate of drug-likeness (QED) is 0.196. The fourth-order valence-corrected chi connectivity index (χ4v) is 4.59. The number of carbonyl (C=O) groups excluding carboxylic acids is 3. The molecule has 1 unspecified atom stereocenters. The van der Waals surface area contributed by atoms with Gasteiger partial charge in [0.2, 0.25) is 0 Å². The molecule has 1 aromatic heterocycles. The van der Waals surface area contributed by atoms with Gasteiger partial charge < -0.3 is 14.6 Å². The largest absolute Gasteiger partial charge is 0.507 e. The highest BCUT2D eigenvalue weighted by Crippen LogP contribution is 2.44. The van der Waals surface area contributed by atoms with Crippen LogP contribution in [0.15, 0.2) is 66.4 Å². The van der Waals surface area contributed by atoms with Crippen LogP contribution in [-0.4, -0.2) is 41.5 Å². The number of aryl methyl sites for hydroxylation is 1. The van der Waals surface area contributed by atoms with Crippen molar-refractivity contribution in [2.24, 2.45) is 0 Å². The number of benzene rings is 2. The number of ether oxygens (including phenoxy) is 2. The zero-order valence-corrected chi connectivity index (χ0v) is 21.3. The minimum atomic E-state index is -1.08. The third kappa shape index (κ3) is 4.93. The first-order valence-corrected chi connectivity index (χ1v) is 12.0. The number of amides is 1. The first kappa shape index (κ1) is 25.9. The minimum absolute atomic E-state index is 0.163. The van der Waals surface area contributed by atoms with E-state index in [1.165, 1.54) is 24.3 Å². The second-order valence-electron chi connectivity index (χ2n) is 8.44. The molecule has 0 radical (unpaired) electrons. The molecule has 0 bridgehead atoms. The molecule has 1 saturated heterocycles. The Hall–Kier alpha value is -4.17. The Morgan fingerprint density at radius 1 is 1.14 bits per heavy atom. The summed E-state index contributed by atoms with van der Waals surface area (Å²) in [5, 5.41) is 11.7. The number of aromatic nitrogens is 1. The lowest BCUT2D eigenvalue weighted by atomic mass is 9.97. The molecule has 0 aliphatic carbocycles. The maximum Gasteiger partial charge on any atom is 0.338 e. The molecule has 1 amide bonds. The lowest BCUT2D eigenvalue weighted by molar-refractivity contribution is -0.132. The van der Waals surface area contributed by atoms with Crippen LogP contribution >= 0.6 is 11.6 Å². The molecule has 37 heavy (non-hydrogen) atoms. The predicted octanol–water partition coefficient (Wildman–Crippen LogP) is 5.25. The van der Waals surface area contributed by atoms with Crippen LogP contribution < -0.4 is 9.64 Å². The number of aliphatic hydroxyl groups excluding tert-OH is 1. The zero-order chi connectivity index (χ0) is 26.7. The lowest BCUT2D eigenvalue weighted by Gasteiger charge is -2.25. The first-order chi connectivity index (χ1) is 17.8. The van der Waals surface area contributed by atoms with E-state index in [9.17, 15) is 19.5 Å². The van der Waals surface area contributed by atoms with E-state index in [1.807, 2.05) is 6.92 Å². The molecule has 8 nitrogen and oxygen atoms in total. The van der Waals surface area contributed by atoms with Gasteiger partial charge in [0.05, 0.1) is 41.1 Å². The smallest absolute Gasteiger partial charge is 0.338 e. The number of Topliss-reactive ketones (excluding diaryl/α,β-unsaturated/α-hetero) is 1. The number of aliphatic hydroxyl groups is 1. The molecule has 2 heterocycles. The summed E-state index contributed by atoms with van der Waals surface area (Å²) < 4.78 is 10.6. The summed E-state index contributed by atoms with van der Waals surface area (Å²) in [6.07, 6.45) is 2.18. The van der Waals surface area contributed by atoms with Crippen LogP contribution in [0.25, 0.3) is 5.76 Å². The number of nitrogens with zero attached hydrogens (tertiary/aromatic N) is 2. The highest BCUT2D eigenvalue weighted by molar-refractivity contribution is 6.51. The third-order valence-corrected chi connectivity index (χ3v) is 6.14. The van der Waals surface area contributed by atoms with Crippen LogP contribution in [0, 0.1) is 6.92 Å². The minimum Gasteiger partial charge on any atom is -0.507 e. The van der Waals surface area contributed by atoms with Gasteiger partial charge in [-0.3, -0.25) is 19.5 Å². The number of hydrogen-bond acceptors (Lipinski definition) is 7. The first-order valence-electron chi connectivity index (χ1n) is 11.6. The maximum absolute atomic E-state index is 13.4. The zero-order valence-electron chi connectivity index (χ0n) is 20.5. The number of pyridine rings is 1. The summed E-state index contributed by atoms with van der Waals surface area (Å²) >= 11 is 6.33. The Bertz CT molecular complexity index is 1400. The molecule has 190 valence electrons. The molecular weight excluding hydrogens is 496 g/mol. The Morgan fingerprint density at radius 3 is 2.59 bits per heavy atom. The van der Waals surface area contributed by atoms with Crippen molar-refractivity contribution < 1.29 is 29.0 Å². The SMILES string of the molecule is CCCOC(=O)c1cccc(N2C(=O)C(=O)/C(=C(/O)c3cc(C)cc(Cl)c3OC)C2c2ccccn2)c1. The number of anilines is 1. The van der Waals surface area contributed by atoms with E-state index >= 15 is 0 Å². The Kier molecular flexibility index (Phi) is 7.59. The summed E-state index contributed by atoms with van der Waals surface area (Å²) in [7, 11) is 1.39. The normalized spacial score (nSPS) is 16.6. The summed E-state index contributed by atoms with van der Waals surface area (Å²) in [6, 6.07) is 13.5. The van der Waals surface area contributed by atoms with Gasteiger partial charge in [-0.15, -0.1) is 0 Å². The van der Waals surface area contributed by atoms with Gasteiger partial charge in [-0.05, 0) is 61.4 Å². The summed E-state index contributed by atoms with van der Waals surface area (Å²) in [6.45, 7) is 3.91. The fraction of sp³-hybridized carbons (Fsp3) is 0.214. The molecule has 3 aromatic rings. The van der Waals surface area contributed by atoms with Crippen LogP contribution in [-0.2, 0) is 14.3 Å². The molecule has 9 heteroatoms. The summed E-state index contributed by atoms with van der Waals surface area (Å²) in [5.74, 6) is -2.62. The number of esters is 1. The lowest BCUT2D eigenvalue weighted by Crippen LogP contribution is -2.30. The van der Waals surface area contributed by atoms with Crippen molar-refractivity contribution in [3.63, 3.8) is 0 Å². The van der Waals surface area contributed by atoms with Crippen molar-refractivity contribution in [3.8, 4) is 5.75 Å². The molecule has 1 atom stereocenters. The Labute approximate surface area is 219 Å². The number of halogens is 1. The molecule has 1 fully saturated rings. The van der Waals surface area contributed by atoms with Crippen LogP contribution in [0.3, 0.4) is 0 Å². The van der Waals surface area contributed by atoms with Crippen molar-refractivity contribution in [3.05, 3.63) is 93.8 Å². The van der Waals surface area contributed by atoms with Crippen LogP contribution in [0.2, 0.25) is 5.02 Å². The molecule has 1 aliphatic heterocycles. The molecule has 2 aromatic carbocycles. The van der Waals surface area contributed by atoms with E-state index in [-0.39, 0.29) is 39.8 Å². The highest BCUT2D eigenvalue weighted by atomic mass is 35.5. The summed E-state index contributed by atoms with van der Waals surface area (Å²) in [4.78, 5) is 44.9. The topological polar surface area (TPSA) is 106 Å². The number of ketones is 1. The second-order valence-corrected chi connectivity index (χ2v) is 8.84. The molecule has 0 spiro atoms. The van der Waals surface area contributed by atoms with E-state index in [2.05, 4.69) is 4.98 Å². The average molecular weight is 521 g/mol. The number of methoxy groups -OCH3 is 1. The third-order valence-electron chi connectivity index (χ3n) is 5.86. The highest BCUT2D eigenvalue weighted by Gasteiger charge is 2.48. The molecule has 1 aliphatic rings. The molecule has 1 N–H and O–H groups in total. The number of carbonyl (C=O) groups is 3. The number of rotatable bonds is 7. The van der Waals surface area contributed by atoms with Crippen molar-refractivity contribution in [1.29, 1.82) is 0 Å². The van der Waals surface area contributed by atoms with Gasteiger partial charge in [-0.25, -0.2) is 4.79 Å². The maximum atomic E-state index is 13.4. The molecular formula is C28H25ClN2O6. The van der Waals surface area contributed by atoms with Gasteiger partial charge in [0, 0.05) is 11.9 Å². The molecule has 0 saturated carbocycles.